The van der Waals surface area contributed by atoms with E-state index in [1.165, 1.54) is 23.1 Å². The molecular weight excluding hydrogens is 384 g/mol. The normalized spacial score (nSPS) is 17.0. The Hall–Kier alpha value is -2.18. The maximum atomic E-state index is 13.5. The first-order valence-electron chi connectivity index (χ1n) is 10.2. The first kappa shape index (κ1) is 21.5. The molecule has 0 spiro atoms. The maximum Gasteiger partial charge on any atom is 0.249 e. The lowest BCUT2D eigenvalue weighted by Crippen LogP contribution is -2.50. The molecule has 2 atom stereocenters. The molecule has 2 amide bonds. The number of fused-ring (bicyclic) bond motifs is 1. The van der Waals surface area contributed by atoms with Gasteiger partial charge in [0.2, 0.25) is 11.8 Å². The lowest BCUT2D eigenvalue weighted by Gasteiger charge is -2.39. The Balaban J connectivity index is 1.92. The van der Waals surface area contributed by atoms with E-state index in [1.54, 1.807) is 16.2 Å². The smallest absolute Gasteiger partial charge is 0.249 e. The van der Waals surface area contributed by atoms with Gasteiger partial charge >= 0.3 is 0 Å². The van der Waals surface area contributed by atoms with Crippen LogP contribution in [0.2, 0.25) is 0 Å². The van der Waals surface area contributed by atoms with Gasteiger partial charge in [0.1, 0.15) is 13.2 Å². The van der Waals surface area contributed by atoms with Gasteiger partial charge in [-0.1, -0.05) is 31.2 Å². The van der Waals surface area contributed by atoms with Crippen LogP contribution in [-0.4, -0.2) is 54.5 Å². The SMILES string of the molecule is CC[C@H](C)N(CC(=O)N1CCc2sccc2[C@H]1c1ccccc1C)C(=O)COC. The molecule has 5 nitrogen and oxygen atoms in total. The Morgan fingerprint density at radius 3 is 2.72 bits per heavy atom. The molecule has 1 aliphatic heterocycles. The summed E-state index contributed by atoms with van der Waals surface area (Å²) in [5, 5.41) is 2.11. The van der Waals surface area contributed by atoms with E-state index < -0.39 is 0 Å². The molecule has 0 radical (unpaired) electrons. The third-order valence-electron chi connectivity index (χ3n) is 5.79. The van der Waals surface area contributed by atoms with Crippen LogP contribution in [0.3, 0.4) is 0 Å². The number of hydrogen-bond donors (Lipinski definition) is 0. The highest BCUT2D eigenvalue weighted by atomic mass is 32.1. The quantitative estimate of drug-likeness (QED) is 0.692. The van der Waals surface area contributed by atoms with Crippen molar-refractivity contribution >= 4 is 23.2 Å². The fraction of sp³-hybridized carbons (Fsp3) is 0.478. The molecule has 156 valence electrons. The molecule has 6 heteroatoms. The lowest BCUT2D eigenvalue weighted by atomic mass is 9.90. The Morgan fingerprint density at radius 2 is 2.03 bits per heavy atom. The highest BCUT2D eigenvalue weighted by Gasteiger charge is 2.35. The van der Waals surface area contributed by atoms with Crippen molar-refractivity contribution in [1.82, 2.24) is 9.80 Å². The summed E-state index contributed by atoms with van der Waals surface area (Å²) in [5.41, 5.74) is 3.53. The minimum atomic E-state index is -0.143. The van der Waals surface area contributed by atoms with E-state index in [0.29, 0.717) is 6.54 Å². The molecule has 0 fully saturated rings. The van der Waals surface area contributed by atoms with Gasteiger partial charge in [-0.05, 0) is 54.8 Å². The summed E-state index contributed by atoms with van der Waals surface area (Å²) in [5.74, 6) is -0.157. The zero-order chi connectivity index (χ0) is 21.0. The summed E-state index contributed by atoms with van der Waals surface area (Å²) in [7, 11) is 1.51. The summed E-state index contributed by atoms with van der Waals surface area (Å²) in [4.78, 5) is 31.0. The molecule has 0 unspecified atom stereocenters. The van der Waals surface area contributed by atoms with Crippen molar-refractivity contribution in [2.45, 2.75) is 45.7 Å². The number of ether oxygens (including phenoxy) is 1. The highest BCUT2D eigenvalue weighted by molar-refractivity contribution is 7.10. The molecule has 0 N–H and O–H groups in total. The van der Waals surface area contributed by atoms with E-state index >= 15 is 0 Å². The van der Waals surface area contributed by atoms with Crippen LogP contribution in [0, 0.1) is 6.92 Å². The van der Waals surface area contributed by atoms with Crippen LogP contribution in [-0.2, 0) is 20.7 Å². The molecule has 29 heavy (non-hydrogen) atoms. The average Bonchev–Trinajstić information content (AvgIpc) is 3.20. The number of benzene rings is 1. The van der Waals surface area contributed by atoms with Crippen molar-refractivity contribution in [2.75, 3.05) is 26.8 Å². The number of rotatable bonds is 7. The van der Waals surface area contributed by atoms with Crippen LogP contribution in [0.1, 0.15) is 47.9 Å². The summed E-state index contributed by atoms with van der Waals surface area (Å²) in [6.45, 7) is 6.83. The highest BCUT2D eigenvalue weighted by Crippen LogP contribution is 2.39. The molecule has 0 saturated carbocycles. The Morgan fingerprint density at radius 1 is 1.28 bits per heavy atom. The topological polar surface area (TPSA) is 49.9 Å². The molecule has 0 bridgehead atoms. The molecular formula is C23H30N2O3S. The molecule has 3 rings (SSSR count). The van der Waals surface area contributed by atoms with Crippen LogP contribution in [0.25, 0.3) is 0 Å². The fourth-order valence-electron chi connectivity index (χ4n) is 3.97. The number of carbonyl (C=O) groups excluding carboxylic acids is 2. The summed E-state index contributed by atoms with van der Waals surface area (Å²) >= 11 is 1.76. The van der Waals surface area contributed by atoms with Gasteiger partial charge in [-0.15, -0.1) is 11.3 Å². The van der Waals surface area contributed by atoms with Gasteiger partial charge in [0.25, 0.3) is 0 Å². The van der Waals surface area contributed by atoms with Gasteiger partial charge in [0.05, 0.1) is 6.04 Å². The van der Waals surface area contributed by atoms with Gasteiger partial charge in [0.15, 0.2) is 0 Å². The molecule has 1 aromatic heterocycles. The second kappa shape index (κ2) is 9.55. The van der Waals surface area contributed by atoms with Crippen molar-refractivity contribution in [3.05, 3.63) is 57.3 Å². The Labute approximate surface area is 177 Å². The van der Waals surface area contributed by atoms with E-state index in [1.807, 2.05) is 30.9 Å². The lowest BCUT2D eigenvalue weighted by molar-refractivity contribution is -0.145. The van der Waals surface area contributed by atoms with Crippen molar-refractivity contribution in [3.8, 4) is 0 Å². The first-order chi connectivity index (χ1) is 14.0. The third-order valence-corrected chi connectivity index (χ3v) is 6.78. The Bertz CT molecular complexity index is 863. The van der Waals surface area contributed by atoms with E-state index in [0.717, 1.165) is 18.4 Å². The summed E-state index contributed by atoms with van der Waals surface area (Å²) < 4.78 is 5.03. The molecule has 0 aliphatic carbocycles. The number of hydrogen-bond acceptors (Lipinski definition) is 4. The Kier molecular flexibility index (Phi) is 7.09. The summed E-state index contributed by atoms with van der Waals surface area (Å²) in [6, 6.07) is 10.3. The molecule has 1 aromatic carbocycles. The predicted octanol–water partition coefficient (Wildman–Crippen LogP) is 3.80. The minimum Gasteiger partial charge on any atom is -0.375 e. The van der Waals surface area contributed by atoms with Crippen molar-refractivity contribution in [2.24, 2.45) is 0 Å². The van der Waals surface area contributed by atoms with Crippen LogP contribution in [0.5, 0.6) is 0 Å². The second-order valence-electron chi connectivity index (χ2n) is 7.61. The molecule has 0 saturated heterocycles. The van der Waals surface area contributed by atoms with Crippen molar-refractivity contribution in [3.63, 3.8) is 0 Å². The third kappa shape index (κ3) is 4.54. The van der Waals surface area contributed by atoms with Crippen LogP contribution in [0.4, 0.5) is 0 Å². The molecule has 2 aromatic rings. The van der Waals surface area contributed by atoms with Crippen LogP contribution in [0.15, 0.2) is 35.7 Å². The zero-order valence-corrected chi connectivity index (χ0v) is 18.5. The van der Waals surface area contributed by atoms with Gasteiger partial charge in [0, 0.05) is 24.6 Å². The van der Waals surface area contributed by atoms with Gasteiger partial charge in [-0.2, -0.15) is 0 Å². The largest absolute Gasteiger partial charge is 0.375 e. The second-order valence-corrected chi connectivity index (χ2v) is 8.61. The van der Waals surface area contributed by atoms with Crippen LogP contribution >= 0.6 is 11.3 Å². The number of aryl methyl sites for hydroxylation is 1. The molecule has 1 aliphatic rings. The van der Waals surface area contributed by atoms with Gasteiger partial charge in [-0.3, -0.25) is 9.59 Å². The van der Waals surface area contributed by atoms with E-state index in [2.05, 4.69) is 30.5 Å². The number of methoxy groups -OCH3 is 1. The average molecular weight is 415 g/mol. The minimum absolute atomic E-state index is 0.00643. The van der Waals surface area contributed by atoms with Crippen molar-refractivity contribution in [1.29, 1.82) is 0 Å². The maximum absolute atomic E-state index is 13.5. The van der Waals surface area contributed by atoms with E-state index in [9.17, 15) is 9.59 Å². The number of thiophene rings is 1. The first-order valence-corrected chi connectivity index (χ1v) is 11.1. The standard InChI is InChI=1S/C23H30N2O3S/c1-5-17(3)25(22(27)15-28-4)14-21(26)24-12-10-20-19(11-13-29-20)23(24)18-9-7-6-8-16(18)2/h6-9,11,13,17,23H,5,10,12,14-15H2,1-4H3/t17-,23+/m0/s1. The monoisotopic (exact) mass is 414 g/mol. The zero-order valence-electron chi connectivity index (χ0n) is 17.7. The van der Waals surface area contributed by atoms with E-state index in [4.69, 9.17) is 4.74 Å². The van der Waals surface area contributed by atoms with Gasteiger partial charge < -0.3 is 14.5 Å². The van der Waals surface area contributed by atoms with Gasteiger partial charge in [-0.25, -0.2) is 0 Å². The van der Waals surface area contributed by atoms with E-state index in [-0.39, 0.29) is 37.0 Å². The van der Waals surface area contributed by atoms with Crippen LogP contribution < -0.4 is 0 Å². The predicted molar refractivity (Wildman–Crippen MR) is 116 cm³/mol. The van der Waals surface area contributed by atoms with Crippen molar-refractivity contribution < 1.29 is 14.3 Å². The number of nitrogens with zero attached hydrogens (tertiary/aromatic N) is 2. The fourth-order valence-corrected chi connectivity index (χ4v) is 4.87. The summed E-state index contributed by atoms with van der Waals surface area (Å²) in [6.07, 6.45) is 1.65. The molecule has 2 heterocycles. The number of amides is 2. The number of carbonyl (C=O) groups is 2.